The summed E-state index contributed by atoms with van der Waals surface area (Å²) in [5.74, 6) is -12.4. The van der Waals surface area contributed by atoms with Gasteiger partial charge in [0.1, 0.15) is 0 Å². The number of H-pyrrole nitrogens is 2. The first-order valence-electron chi connectivity index (χ1n) is 3.93. The molecule has 0 radical (unpaired) electrons. The van der Waals surface area contributed by atoms with Crippen molar-refractivity contribution in [1.29, 1.82) is 0 Å². The predicted molar refractivity (Wildman–Crippen MR) is 40.4 cm³/mol. The first-order valence-corrected chi connectivity index (χ1v) is 3.93. The Hall–Kier alpha value is -1.88. The van der Waals surface area contributed by atoms with Crippen LogP contribution in [0.4, 0.5) is 30.7 Å². The smallest absolute Gasteiger partial charge is 0.271 e. The summed E-state index contributed by atoms with van der Waals surface area (Å²) in [5.41, 5.74) is -6.02. The first-order chi connectivity index (χ1) is 7.91. The molecule has 0 atom stereocenters. The second kappa shape index (κ2) is 3.81. The number of aromatic nitrogens is 3. The molecule has 2 N–H and O–H groups in total. The van der Waals surface area contributed by atoms with E-state index in [9.17, 15) is 40.3 Å². The van der Waals surface area contributed by atoms with Gasteiger partial charge in [-0.1, -0.05) is 0 Å². The van der Waals surface area contributed by atoms with Gasteiger partial charge in [-0.15, -0.1) is 0 Å². The molecule has 0 saturated carbocycles. The molecule has 102 valence electrons. The van der Waals surface area contributed by atoms with Gasteiger partial charge in [0.15, 0.2) is 0 Å². The van der Waals surface area contributed by atoms with Gasteiger partial charge in [-0.05, 0) is 0 Å². The number of nitrogens with zero attached hydrogens (tertiary/aromatic N) is 1. The Morgan fingerprint density at radius 3 is 1.83 bits per heavy atom. The number of hydrogen-bond acceptors (Lipinski definition) is 3. The highest BCUT2D eigenvalue weighted by Gasteiger charge is 2.75. The zero-order chi connectivity index (χ0) is 14.4. The molecule has 0 bridgehead atoms. The molecule has 0 spiro atoms. The quantitative estimate of drug-likeness (QED) is 0.785. The van der Waals surface area contributed by atoms with Gasteiger partial charge in [0.2, 0.25) is 5.69 Å². The van der Waals surface area contributed by atoms with Gasteiger partial charge in [-0.3, -0.25) is 9.78 Å². The van der Waals surface area contributed by atoms with Crippen LogP contribution < -0.4 is 11.2 Å². The number of alkyl halides is 7. The van der Waals surface area contributed by atoms with Crippen molar-refractivity contribution in [3.05, 3.63) is 26.5 Å². The van der Waals surface area contributed by atoms with Crippen LogP contribution in [0.15, 0.2) is 9.59 Å². The van der Waals surface area contributed by atoms with E-state index in [4.69, 9.17) is 0 Å². The molecule has 0 aliphatic rings. The van der Waals surface area contributed by atoms with Crippen molar-refractivity contribution >= 4 is 0 Å². The summed E-state index contributed by atoms with van der Waals surface area (Å²) in [6.07, 6.45) is -6.60. The van der Waals surface area contributed by atoms with Crippen LogP contribution in [0, 0.1) is 0 Å². The van der Waals surface area contributed by atoms with Gasteiger partial charge in [-0.25, -0.2) is 9.89 Å². The molecule has 5 nitrogen and oxygen atoms in total. The van der Waals surface area contributed by atoms with Crippen molar-refractivity contribution < 1.29 is 30.7 Å². The molecular formula is C6H2F7N3O2. The van der Waals surface area contributed by atoms with Gasteiger partial charge < -0.3 is 0 Å². The molecule has 0 aliphatic carbocycles. The van der Waals surface area contributed by atoms with Crippen molar-refractivity contribution in [1.82, 2.24) is 15.2 Å². The Kier molecular flexibility index (Phi) is 3.00. The topological polar surface area (TPSA) is 78.6 Å². The van der Waals surface area contributed by atoms with Crippen LogP contribution in [-0.2, 0) is 5.92 Å². The summed E-state index contributed by atoms with van der Waals surface area (Å²) < 4.78 is 86.3. The van der Waals surface area contributed by atoms with E-state index >= 15 is 0 Å². The second-order valence-corrected chi connectivity index (χ2v) is 3.00. The predicted octanol–water partition coefficient (Wildman–Crippen LogP) is 0.748. The van der Waals surface area contributed by atoms with Crippen LogP contribution in [-0.4, -0.2) is 27.3 Å². The maximum atomic E-state index is 12.9. The number of halogens is 7. The summed E-state index contributed by atoms with van der Waals surface area (Å²) in [4.78, 5) is 22.2. The maximum Gasteiger partial charge on any atom is 0.460 e. The Morgan fingerprint density at radius 2 is 1.44 bits per heavy atom. The van der Waals surface area contributed by atoms with E-state index in [-0.39, 0.29) is 0 Å². The molecule has 12 heteroatoms. The summed E-state index contributed by atoms with van der Waals surface area (Å²) in [6, 6.07) is 0. The van der Waals surface area contributed by atoms with Crippen molar-refractivity contribution in [3.8, 4) is 0 Å². The zero-order valence-electron chi connectivity index (χ0n) is 7.91. The van der Waals surface area contributed by atoms with Crippen molar-refractivity contribution in [2.24, 2.45) is 0 Å². The average Bonchev–Trinajstić information content (AvgIpc) is 2.14. The minimum atomic E-state index is -6.60. The summed E-state index contributed by atoms with van der Waals surface area (Å²) in [7, 11) is 0. The minimum absolute atomic E-state index is 1.06. The van der Waals surface area contributed by atoms with Crippen LogP contribution in [0.1, 0.15) is 5.69 Å². The van der Waals surface area contributed by atoms with Crippen LogP contribution in [0.2, 0.25) is 0 Å². The van der Waals surface area contributed by atoms with Crippen molar-refractivity contribution in [3.63, 3.8) is 0 Å². The SMILES string of the molecule is O=c1[nH]nc(C(F)(F)C(F)(F)C(F)(F)F)c(=O)[nH]1. The van der Waals surface area contributed by atoms with Crippen LogP contribution in [0.3, 0.4) is 0 Å². The Morgan fingerprint density at radius 1 is 0.944 bits per heavy atom. The number of hydrogen-bond donors (Lipinski definition) is 2. The van der Waals surface area contributed by atoms with Crippen LogP contribution in [0.5, 0.6) is 0 Å². The van der Waals surface area contributed by atoms with E-state index in [1.165, 1.54) is 0 Å². The van der Waals surface area contributed by atoms with Crippen LogP contribution >= 0.6 is 0 Å². The largest absolute Gasteiger partial charge is 0.460 e. The van der Waals surface area contributed by atoms with E-state index in [2.05, 4.69) is 5.10 Å². The molecule has 0 unspecified atom stereocenters. The molecule has 1 aromatic rings. The fourth-order valence-corrected chi connectivity index (χ4v) is 0.887. The third kappa shape index (κ3) is 1.97. The van der Waals surface area contributed by atoms with Gasteiger partial charge >= 0.3 is 23.7 Å². The Labute approximate surface area is 91.6 Å². The zero-order valence-corrected chi connectivity index (χ0v) is 7.91. The molecular weight excluding hydrogens is 279 g/mol. The monoisotopic (exact) mass is 281 g/mol. The molecule has 0 fully saturated rings. The molecule has 0 saturated heterocycles. The summed E-state index contributed by atoms with van der Waals surface area (Å²) in [6.45, 7) is 0. The molecule has 0 aromatic carbocycles. The third-order valence-corrected chi connectivity index (χ3v) is 1.76. The van der Waals surface area contributed by atoms with Gasteiger partial charge in [-0.2, -0.15) is 35.8 Å². The van der Waals surface area contributed by atoms with E-state index < -0.39 is 35.0 Å². The molecule has 18 heavy (non-hydrogen) atoms. The number of rotatable bonds is 2. The van der Waals surface area contributed by atoms with Crippen molar-refractivity contribution in [2.45, 2.75) is 18.0 Å². The summed E-state index contributed by atoms with van der Waals surface area (Å²) in [5, 5.41) is 3.35. The highest BCUT2D eigenvalue weighted by atomic mass is 19.4. The highest BCUT2D eigenvalue weighted by Crippen LogP contribution is 2.50. The lowest BCUT2D eigenvalue weighted by Gasteiger charge is -2.26. The minimum Gasteiger partial charge on any atom is -0.271 e. The van der Waals surface area contributed by atoms with E-state index in [1.54, 1.807) is 0 Å². The van der Waals surface area contributed by atoms with E-state index in [0.29, 0.717) is 0 Å². The molecule has 1 aromatic heterocycles. The molecule has 1 rings (SSSR count). The third-order valence-electron chi connectivity index (χ3n) is 1.76. The average molecular weight is 281 g/mol. The number of aromatic amines is 2. The lowest BCUT2D eigenvalue weighted by Crippen LogP contribution is -2.53. The standard InChI is InChI=1S/C6H2F7N3O2/c7-4(8,5(9,10)6(11,12)13)1-2(17)14-3(18)16-15-1/h(H2,14,16,17,18). The fraction of sp³-hybridized carbons (Fsp3) is 0.500. The summed E-state index contributed by atoms with van der Waals surface area (Å²) >= 11 is 0. The molecule has 1 heterocycles. The highest BCUT2D eigenvalue weighted by molar-refractivity contribution is 5.09. The lowest BCUT2D eigenvalue weighted by atomic mass is 10.1. The molecule has 0 aliphatic heterocycles. The van der Waals surface area contributed by atoms with Crippen LogP contribution in [0.25, 0.3) is 0 Å². The van der Waals surface area contributed by atoms with E-state index in [0.717, 1.165) is 10.1 Å². The van der Waals surface area contributed by atoms with Gasteiger partial charge in [0, 0.05) is 0 Å². The lowest BCUT2D eigenvalue weighted by molar-refractivity contribution is -0.360. The first kappa shape index (κ1) is 14.2. The van der Waals surface area contributed by atoms with E-state index in [1.807, 2.05) is 0 Å². The maximum absolute atomic E-state index is 12.9. The van der Waals surface area contributed by atoms with Gasteiger partial charge in [0.05, 0.1) is 0 Å². The second-order valence-electron chi connectivity index (χ2n) is 3.00. The fourth-order valence-electron chi connectivity index (χ4n) is 0.887. The Bertz CT molecular complexity index is 557. The number of nitrogens with one attached hydrogen (secondary N) is 2. The molecule has 0 amide bonds. The van der Waals surface area contributed by atoms with Gasteiger partial charge in [0.25, 0.3) is 5.56 Å². The van der Waals surface area contributed by atoms with Crippen molar-refractivity contribution in [2.75, 3.05) is 0 Å². The Balaban J connectivity index is 3.47. The normalized spacial score (nSPS) is 13.7.